The fourth-order valence-corrected chi connectivity index (χ4v) is 2.11. The maximum absolute atomic E-state index is 5.35. The first kappa shape index (κ1) is 14.4. The average Bonchev–Trinajstić information content (AvgIpc) is 2.34. The molecule has 0 aliphatic rings. The summed E-state index contributed by atoms with van der Waals surface area (Å²) in [5.74, 6) is 0. The first-order valence-electron chi connectivity index (χ1n) is 5.95. The Labute approximate surface area is 112 Å². The minimum Gasteiger partial charge on any atom is -0.376 e. The summed E-state index contributed by atoms with van der Waals surface area (Å²) < 4.78 is 6.47. The lowest BCUT2D eigenvalue weighted by molar-refractivity contribution is 0.161. The number of nitrogens with one attached hydrogen (secondary N) is 1. The number of hydrogen-bond acceptors (Lipinski definition) is 2. The van der Waals surface area contributed by atoms with Gasteiger partial charge in [-0.1, -0.05) is 41.1 Å². The van der Waals surface area contributed by atoms with E-state index >= 15 is 0 Å². The third-order valence-electron chi connectivity index (χ3n) is 2.53. The van der Waals surface area contributed by atoms with Gasteiger partial charge < -0.3 is 10.1 Å². The highest BCUT2D eigenvalue weighted by Crippen LogP contribution is 2.20. The van der Waals surface area contributed by atoms with Gasteiger partial charge in [0.2, 0.25) is 0 Å². The molecule has 1 N–H and O–H groups in total. The summed E-state index contributed by atoms with van der Waals surface area (Å²) in [6.07, 6.45) is 2.84. The zero-order valence-corrected chi connectivity index (χ0v) is 11.9. The summed E-state index contributed by atoms with van der Waals surface area (Å²) in [6, 6.07) is 8.81. The molecule has 0 spiro atoms. The summed E-state index contributed by atoms with van der Waals surface area (Å²) >= 11 is 3.50. The first-order valence-corrected chi connectivity index (χ1v) is 6.74. The molecule has 17 heavy (non-hydrogen) atoms. The Morgan fingerprint density at radius 1 is 1.53 bits per heavy atom. The van der Waals surface area contributed by atoms with Crippen molar-refractivity contribution in [3.05, 3.63) is 47.0 Å². The van der Waals surface area contributed by atoms with Crippen LogP contribution in [0.3, 0.4) is 0 Å². The predicted octanol–water partition coefficient (Wildman–Crippen LogP) is 3.69. The zero-order chi connectivity index (χ0) is 12.5. The molecule has 0 fully saturated rings. The average molecular weight is 298 g/mol. The molecule has 0 bridgehead atoms. The van der Waals surface area contributed by atoms with Gasteiger partial charge in [0.05, 0.1) is 13.2 Å². The maximum Gasteiger partial charge on any atom is 0.0645 e. The zero-order valence-electron chi connectivity index (χ0n) is 10.3. The van der Waals surface area contributed by atoms with E-state index in [1.54, 1.807) is 6.08 Å². The topological polar surface area (TPSA) is 21.3 Å². The second kappa shape index (κ2) is 8.45. The molecule has 0 aliphatic carbocycles. The van der Waals surface area contributed by atoms with E-state index in [9.17, 15) is 0 Å². The van der Waals surface area contributed by atoms with Gasteiger partial charge in [-0.05, 0) is 24.1 Å². The Bertz CT molecular complexity index is 341. The summed E-state index contributed by atoms with van der Waals surface area (Å²) in [7, 11) is 0. The molecule has 3 heteroatoms. The van der Waals surface area contributed by atoms with E-state index in [0.29, 0.717) is 12.6 Å². The minimum absolute atomic E-state index is 0.389. The Hall–Kier alpha value is -0.640. The molecule has 0 heterocycles. The number of rotatable bonds is 8. The number of benzene rings is 1. The van der Waals surface area contributed by atoms with Crippen molar-refractivity contribution in [3.8, 4) is 0 Å². The van der Waals surface area contributed by atoms with Crippen molar-refractivity contribution in [2.24, 2.45) is 0 Å². The van der Waals surface area contributed by atoms with Gasteiger partial charge in [0.15, 0.2) is 0 Å². The van der Waals surface area contributed by atoms with E-state index in [0.717, 1.165) is 24.0 Å². The highest BCUT2D eigenvalue weighted by molar-refractivity contribution is 9.10. The van der Waals surface area contributed by atoms with Crippen LogP contribution in [0.4, 0.5) is 0 Å². The van der Waals surface area contributed by atoms with Crippen LogP contribution < -0.4 is 5.32 Å². The molecule has 0 amide bonds. The molecule has 0 aliphatic heterocycles. The lowest BCUT2D eigenvalue weighted by Gasteiger charge is -2.17. The van der Waals surface area contributed by atoms with Gasteiger partial charge in [-0.25, -0.2) is 0 Å². The minimum atomic E-state index is 0.389. The Kier molecular flexibility index (Phi) is 7.17. The molecule has 0 radical (unpaired) electrons. The summed E-state index contributed by atoms with van der Waals surface area (Å²) in [4.78, 5) is 0. The Morgan fingerprint density at radius 3 is 3.00 bits per heavy atom. The molecule has 1 aromatic rings. The van der Waals surface area contributed by atoms with Gasteiger partial charge in [-0.15, -0.1) is 6.58 Å². The lowest BCUT2D eigenvalue weighted by atomic mass is 10.1. The van der Waals surface area contributed by atoms with Gasteiger partial charge in [0, 0.05) is 17.1 Å². The van der Waals surface area contributed by atoms with Gasteiger partial charge in [-0.3, -0.25) is 0 Å². The smallest absolute Gasteiger partial charge is 0.0645 e. The highest BCUT2D eigenvalue weighted by atomic mass is 79.9. The molecule has 1 atom stereocenters. The van der Waals surface area contributed by atoms with Crippen LogP contribution in [0.5, 0.6) is 0 Å². The highest BCUT2D eigenvalue weighted by Gasteiger charge is 2.07. The lowest BCUT2D eigenvalue weighted by Crippen LogP contribution is -2.25. The van der Waals surface area contributed by atoms with Gasteiger partial charge in [-0.2, -0.15) is 0 Å². The normalized spacial score (nSPS) is 12.4. The molecule has 0 aromatic heterocycles. The molecule has 2 nitrogen and oxygen atoms in total. The molecular formula is C14H20BrNO. The van der Waals surface area contributed by atoms with Crippen LogP contribution in [0.15, 0.2) is 41.4 Å². The van der Waals surface area contributed by atoms with E-state index in [4.69, 9.17) is 4.74 Å². The molecule has 94 valence electrons. The van der Waals surface area contributed by atoms with Crippen molar-refractivity contribution < 1.29 is 4.74 Å². The number of halogens is 1. The third kappa shape index (κ3) is 5.48. The van der Waals surface area contributed by atoms with Crippen LogP contribution >= 0.6 is 15.9 Å². The van der Waals surface area contributed by atoms with Crippen LogP contribution in [0.25, 0.3) is 0 Å². The van der Waals surface area contributed by atoms with Crippen molar-refractivity contribution in [3.63, 3.8) is 0 Å². The van der Waals surface area contributed by atoms with Crippen molar-refractivity contribution in [1.29, 1.82) is 0 Å². The predicted molar refractivity (Wildman–Crippen MR) is 76.2 cm³/mol. The molecule has 0 saturated carbocycles. The molecule has 1 unspecified atom stereocenters. The monoisotopic (exact) mass is 297 g/mol. The van der Waals surface area contributed by atoms with Crippen LogP contribution in [0, 0.1) is 0 Å². The van der Waals surface area contributed by atoms with Crippen LogP contribution in [0.1, 0.15) is 24.9 Å². The summed E-state index contributed by atoms with van der Waals surface area (Å²) in [5, 5.41) is 3.49. The van der Waals surface area contributed by atoms with Gasteiger partial charge >= 0.3 is 0 Å². The van der Waals surface area contributed by atoms with Crippen LogP contribution in [-0.4, -0.2) is 19.8 Å². The van der Waals surface area contributed by atoms with Crippen molar-refractivity contribution >= 4 is 15.9 Å². The Balaban J connectivity index is 2.40. The van der Waals surface area contributed by atoms with Crippen molar-refractivity contribution in [2.75, 3.05) is 19.8 Å². The first-order chi connectivity index (χ1) is 8.27. The standard InChI is InChI=1S/C14H20BrNO/c1-3-9-17-10-8-16-14(4-2)12-6-5-7-13(15)11-12/h3,5-7,11,14,16H,1,4,8-10H2,2H3. The van der Waals surface area contributed by atoms with Crippen molar-refractivity contribution in [2.45, 2.75) is 19.4 Å². The quantitative estimate of drug-likeness (QED) is 0.584. The molecule has 0 saturated heterocycles. The van der Waals surface area contributed by atoms with E-state index in [1.165, 1.54) is 5.56 Å². The fraction of sp³-hybridized carbons (Fsp3) is 0.429. The molecule has 1 rings (SSSR count). The van der Waals surface area contributed by atoms with Gasteiger partial charge in [0.1, 0.15) is 0 Å². The van der Waals surface area contributed by atoms with E-state index in [2.05, 4.69) is 52.9 Å². The Morgan fingerprint density at radius 2 is 2.35 bits per heavy atom. The molecule has 1 aromatic carbocycles. The van der Waals surface area contributed by atoms with Crippen LogP contribution in [-0.2, 0) is 4.74 Å². The fourth-order valence-electron chi connectivity index (χ4n) is 1.69. The summed E-state index contributed by atoms with van der Waals surface area (Å²) in [6.45, 7) is 8.00. The second-order valence-corrected chi connectivity index (χ2v) is 4.75. The maximum atomic E-state index is 5.35. The van der Waals surface area contributed by atoms with Crippen molar-refractivity contribution in [1.82, 2.24) is 5.32 Å². The van der Waals surface area contributed by atoms with Crippen LogP contribution in [0.2, 0.25) is 0 Å². The number of hydrogen-bond donors (Lipinski definition) is 1. The summed E-state index contributed by atoms with van der Waals surface area (Å²) in [5.41, 5.74) is 1.31. The van der Waals surface area contributed by atoms with E-state index < -0.39 is 0 Å². The largest absolute Gasteiger partial charge is 0.376 e. The van der Waals surface area contributed by atoms with E-state index in [-0.39, 0.29) is 0 Å². The SMILES string of the molecule is C=CCOCCNC(CC)c1cccc(Br)c1. The third-order valence-corrected chi connectivity index (χ3v) is 3.03. The second-order valence-electron chi connectivity index (χ2n) is 3.83. The van der Waals surface area contributed by atoms with Gasteiger partial charge in [0.25, 0.3) is 0 Å². The number of ether oxygens (including phenoxy) is 1. The van der Waals surface area contributed by atoms with E-state index in [1.807, 2.05) is 6.07 Å². The molecular weight excluding hydrogens is 278 g/mol.